The van der Waals surface area contributed by atoms with Crippen molar-refractivity contribution in [3.05, 3.63) is 71.9 Å². The Labute approximate surface area is 156 Å². The van der Waals surface area contributed by atoms with Crippen molar-refractivity contribution in [3.8, 4) is 0 Å². The molecule has 0 atom stereocenters. The molecule has 9 heteroatoms. The number of nitrogens with one attached hydrogen (secondary N) is 2. The lowest BCUT2D eigenvalue weighted by Crippen LogP contribution is -2.06. The summed E-state index contributed by atoms with van der Waals surface area (Å²) in [5, 5.41) is 9.46. The largest absolute Gasteiger partial charge is 0.416 e. The van der Waals surface area contributed by atoms with Gasteiger partial charge in [0.15, 0.2) is 5.82 Å². The highest BCUT2D eigenvalue weighted by Gasteiger charge is 2.30. The summed E-state index contributed by atoms with van der Waals surface area (Å²) >= 11 is 0. The molecule has 0 fully saturated rings. The standard InChI is InChI=1S/C19H13F3N6/c20-19(21,22)13-3-1-4-14(10-13)25-18-17-5-2-8-28(17)16-7-6-12(11-24-27-23)9-15(16)26-18/h1-11,23H,(H,25,26). The minimum atomic E-state index is -4.42. The summed E-state index contributed by atoms with van der Waals surface area (Å²) in [7, 11) is 0. The van der Waals surface area contributed by atoms with Crippen molar-refractivity contribution in [2.24, 2.45) is 10.3 Å². The number of benzene rings is 2. The highest BCUT2D eigenvalue weighted by molar-refractivity contribution is 5.91. The fourth-order valence-electron chi connectivity index (χ4n) is 2.97. The molecule has 0 bridgehead atoms. The molecule has 0 spiro atoms. The van der Waals surface area contributed by atoms with Crippen molar-refractivity contribution in [3.63, 3.8) is 0 Å². The number of alkyl halides is 3. The topological polar surface area (TPSA) is 77.9 Å². The molecular weight excluding hydrogens is 369 g/mol. The number of aromatic nitrogens is 2. The summed E-state index contributed by atoms with van der Waals surface area (Å²) in [6.07, 6.45) is -1.15. The molecule has 0 unspecified atom stereocenters. The maximum absolute atomic E-state index is 13.0. The van der Waals surface area contributed by atoms with E-state index < -0.39 is 11.7 Å². The Kier molecular flexibility index (Phi) is 4.26. The van der Waals surface area contributed by atoms with E-state index in [1.807, 2.05) is 34.9 Å². The van der Waals surface area contributed by atoms with Gasteiger partial charge in [0, 0.05) is 11.9 Å². The number of halogens is 3. The smallest absolute Gasteiger partial charge is 0.338 e. The van der Waals surface area contributed by atoms with Crippen LogP contribution in [0.5, 0.6) is 0 Å². The van der Waals surface area contributed by atoms with E-state index in [0.29, 0.717) is 16.9 Å². The number of fused-ring (bicyclic) bond motifs is 3. The van der Waals surface area contributed by atoms with Gasteiger partial charge in [0.1, 0.15) is 0 Å². The van der Waals surface area contributed by atoms with Crippen LogP contribution >= 0.6 is 0 Å². The van der Waals surface area contributed by atoms with Crippen LogP contribution in [0.4, 0.5) is 24.7 Å². The minimum Gasteiger partial charge on any atom is -0.338 e. The third kappa shape index (κ3) is 3.29. The van der Waals surface area contributed by atoms with Gasteiger partial charge in [-0.2, -0.15) is 18.7 Å². The Balaban J connectivity index is 1.82. The summed E-state index contributed by atoms with van der Waals surface area (Å²) in [5.74, 6) is 0.427. The summed E-state index contributed by atoms with van der Waals surface area (Å²) in [5.41, 5.74) is 9.17. The zero-order valence-electron chi connectivity index (χ0n) is 14.3. The number of nitrogens with zero attached hydrogens (tertiary/aromatic N) is 4. The molecule has 2 N–H and O–H groups in total. The van der Waals surface area contributed by atoms with E-state index in [4.69, 9.17) is 5.53 Å². The van der Waals surface area contributed by atoms with Crippen molar-refractivity contribution in [1.82, 2.24) is 9.38 Å². The molecule has 4 aromatic rings. The molecule has 0 aliphatic heterocycles. The lowest BCUT2D eigenvalue weighted by atomic mass is 10.2. The highest BCUT2D eigenvalue weighted by Crippen LogP contribution is 2.32. The van der Waals surface area contributed by atoms with Crippen LogP contribution in [0.3, 0.4) is 0 Å². The summed E-state index contributed by atoms with van der Waals surface area (Å²) in [4.78, 5) is 4.58. The molecule has 0 saturated carbocycles. The molecule has 0 radical (unpaired) electrons. The van der Waals surface area contributed by atoms with Crippen LogP contribution in [0.1, 0.15) is 11.1 Å². The lowest BCUT2D eigenvalue weighted by molar-refractivity contribution is -0.137. The Morgan fingerprint density at radius 3 is 2.68 bits per heavy atom. The summed E-state index contributed by atoms with van der Waals surface area (Å²) in [6, 6.07) is 14.1. The first-order valence-electron chi connectivity index (χ1n) is 8.20. The zero-order chi connectivity index (χ0) is 19.7. The van der Waals surface area contributed by atoms with Crippen molar-refractivity contribution in [2.45, 2.75) is 6.18 Å². The maximum atomic E-state index is 13.0. The van der Waals surface area contributed by atoms with Crippen LogP contribution in [0, 0.1) is 5.53 Å². The normalized spacial score (nSPS) is 12.1. The number of rotatable bonds is 4. The molecule has 4 rings (SSSR count). The summed E-state index contributed by atoms with van der Waals surface area (Å²) in [6.45, 7) is 0. The molecule has 28 heavy (non-hydrogen) atoms. The molecule has 0 aliphatic rings. The van der Waals surface area contributed by atoms with Crippen molar-refractivity contribution in [2.75, 3.05) is 5.32 Å². The van der Waals surface area contributed by atoms with Gasteiger partial charge in [-0.05, 0) is 48.0 Å². The number of hydrogen-bond acceptors (Lipinski definition) is 4. The van der Waals surface area contributed by atoms with E-state index in [-0.39, 0.29) is 5.69 Å². The second-order valence-electron chi connectivity index (χ2n) is 6.02. The molecule has 6 nitrogen and oxygen atoms in total. The van der Waals surface area contributed by atoms with Gasteiger partial charge in [-0.15, -0.1) is 5.10 Å². The molecule has 2 heterocycles. The van der Waals surface area contributed by atoms with Gasteiger partial charge in [0.2, 0.25) is 0 Å². The fraction of sp³-hybridized carbons (Fsp3) is 0.0526. The van der Waals surface area contributed by atoms with E-state index in [9.17, 15) is 13.2 Å². The second kappa shape index (κ2) is 6.76. The Morgan fingerprint density at radius 1 is 1.04 bits per heavy atom. The average Bonchev–Trinajstić information content (AvgIpc) is 3.16. The molecule has 2 aromatic heterocycles. The van der Waals surface area contributed by atoms with Crippen molar-refractivity contribution < 1.29 is 13.2 Å². The maximum Gasteiger partial charge on any atom is 0.416 e. The Hall–Kier alpha value is -3.75. The second-order valence-corrected chi connectivity index (χ2v) is 6.02. The van der Waals surface area contributed by atoms with Crippen LogP contribution < -0.4 is 5.32 Å². The van der Waals surface area contributed by atoms with Gasteiger partial charge in [-0.1, -0.05) is 17.4 Å². The third-order valence-electron chi connectivity index (χ3n) is 4.20. The molecule has 0 amide bonds. The predicted octanol–water partition coefficient (Wildman–Crippen LogP) is 5.61. The van der Waals surface area contributed by atoms with Gasteiger partial charge in [0.25, 0.3) is 0 Å². The average molecular weight is 382 g/mol. The molecule has 0 saturated heterocycles. The van der Waals surface area contributed by atoms with Crippen LogP contribution in [0.2, 0.25) is 0 Å². The number of hydrogen-bond donors (Lipinski definition) is 2. The van der Waals surface area contributed by atoms with Gasteiger partial charge >= 0.3 is 6.18 Å². The third-order valence-corrected chi connectivity index (χ3v) is 4.20. The van der Waals surface area contributed by atoms with Crippen molar-refractivity contribution in [1.29, 1.82) is 5.53 Å². The minimum absolute atomic E-state index is 0.287. The Morgan fingerprint density at radius 2 is 1.89 bits per heavy atom. The quantitative estimate of drug-likeness (QED) is 0.273. The zero-order valence-corrected chi connectivity index (χ0v) is 14.3. The predicted molar refractivity (Wildman–Crippen MR) is 100 cm³/mol. The molecule has 140 valence electrons. The van der Waals surface area contributed by atoms with Crippen LogP contribution in [-0.4, -0.2) is 15.6 Å². The van der Waals surface area contributed by atoms with Gasteiger partial charge in [-0.3, -0.25) is 0 Å². The van der Waals surface area contributed by atoms with E-state index >= 15 is 0 Å². The Bertz CT molecular complexity index is 1210. The molecule has 2 aromatic carbocycles. The SMILES string of the molecule is N=NN=Cc1ccc2c(c1)nc(Nc1cccc(C(F)(F)F)c1)c1cccn12. The van der Waals surface area contributed by atoms with Gasteiger partial charge < -0.3 is 9.72 Å². The van der Waals surface area contributed by atoms with E-state index in [0.717, 1.165) is 23.2 Å². The lowest BCUT2D eigenvalue weighted by Gasteiger charge is -2.13. The molecular formula is C19H13F3N6. The van der Waals surface area contributed by atoms with Gasteiger partial charge in [0.05, 0.1) is 28.3 Å². The van der Waals surface area contributed by atoms with Crippen molar-refractivity contribution >= 4 is 34.3 Å². The first-order chi connectivity index (χ1) is 13.5. The van der Waals surface area contributed by atoms with Gasteiger partial charge in [-0.25, -0.2) is 4.98 Å². The first kappa shape index (κ1) is 17.7. The highest BCUT2D eigenvalue weighted by atomic mass is 19.4. The van der Waals surface area contributed by atoms with E-state index in [1.54, 1.807) is 12.1 Å². The number of anilines is 2. The van der Waals surface area contributed by atoms with Crippen LogP contribution in [-0.2, 0) is 6.18 Å². The monoisotopic (exact) mass is 382 g/mol. The van der Waals surface area contributed by atoms with Crippen LogP contribution in [0.15, 0.2) is 71.1 Å². The fourth-order valence-corrected chi connectivity index (χ4v) is 2.97. The van der Waals surface area contributed by atoms with Crippen LogP contribution in [0.25, 0.3) is 16.6 Å². The van der Waals surface area contributed by atoms with E-state index in [2.05, 4.69) is 20.6 Å². The first-order valence-corrected chi connectivity index (χ1v) is 8.20. The molecule has 0 aliphatic carbocycles. The summed E-state index contributed by atoms with van der Waals surface area (Å²) < 4.78 is 40.8. The van der Waals surface area contributed by atoms with E-state index in [1.165, 1.54) is 12.3 Å².